The molecular weight excluding hydrogens is 236 g/mol. The van der Waals surface area contributed by atoms with Crippen molar-refractivity contribution in [1.29, 1.82) is 0 Å². The van der Waals surface area contributed by atoms with E-state index in [-0.39, 0.29) is 0 Å². The van der Waals surface area contributed by atoms with Gasteiger partial charge in [0.25, 0.3) is 0 Å². The van der Waals surface area contributed by atoms with Gasteiger partial charge in [0.2, 0.25) is 0 Å². The first-order chi connectivity index (χ1) is 8.04. The third kappa shape index (κ3) is 4.57. The smallest absolute Gasteiger partial charge is 0.125 e. The van der Waals surface area contributed by atoms with Gasteiger partial charge in [0, 0.05) is 10.6 Å². The van der Waals surface area contributed by atoms with Crippen molar-refractivity contribution >= 4 is 11.6 Å². The van der Waals surface area contributed by atoms with Crippen LogP contribution < -0.4 is 4.74 Å². The molecule has 0 spiro atoms. The monoisotopic (exact) mass is 256 g/mol. The van der Waals surface area contributed by atoms with Crippen LogP contribution in [0.5, 0.6) is 5.75 Å². The van der Waals surface area contributed by atoms with Gasteiger partial charge >= 0.3 is 0 Å². The summed E-state index contributed by atoms with van der Waals surface area (Å²) in [6.45, 7) is 6.73. The van der Waals surface area contributed by atoms with E-state index in [1.54, 1.807) is 19.1 Å². The molecule has 0 radical (unpaired) electrons. The Morgan fingerprint density at radius 2 is 2.06 bits per heavy atom. The predicted molar refractivity (Wildman–Crippen MR) is 71.7 cm³/mol. The van der Waals surface area contributed by atoms with Crippen molar-refractivity contribution in [1.82, 2.24) is 0 Å². The molecule has 0 heterocycles. The van der Waals surface area contributed by atoms with E-state index in [0.717, 1.165) is 24.2 Å². The lowest BCUT2D eigenvalue weighted by Gasteiger charge is -2.16. The van der Waals surface area contributed by atoms with Crippen LogP contribution in [0.4, 0.5) is 0 Å². The van der Waals surface area contributed by atoms with Crippen LogP contribution in [-0.2, 0) is 0 Å². The maximum absolute atomic E-state index is 9.66. The molecule has 17 heavy (non-hydrogen) atoms. The standard InChI is InChI=1S/C14H21ClO2/c1-4-5-10(2)9-17-14-7-6-12(15)8-13(14)11(3)16/h6-8,10-11,16H,4-5,9H2,1-3H3/t10?,11-/m0/s1. The van der Waals surface area contributed by atoms with E-state index in [1.807, 2.05) is 6.07 Å². The minimum Gasteiger partial charge on any atom is -0.493 e. The topological polar surface area (TPSA) is 29.5 Å². The maximum atomic E-state index is 9.66. The van der Waals surface area contributed by atoms with E-state index in [2.05, 4.69) is 13.8 Å². The number of aliphatic hydroxyl groups is 1. The van der Waals surface area contributed by atoms with Crippen LogP contribution in [-0.4, -0.2) is 11.7 Å². The third-order valence-electron chi connectivity index (χ3n) is 2.73. The Morgan fingerprint density at radius 1 is 1.35 bits per heavy atom. The highest BCUT2D eigenvalue weighted by molar-refractivity contribution is 6.30. The molecule has 0 aliphatic carbocycles. The van der Waals surface area contributed by atoms with Crippen LogP contribution >= 0.6 is 11.6 Å². The normalized spacial score (nSPS) is 14.4. The van der Waals surface area contributed by atoms with Gasteiger partial charge in [-0.05, 0) is 37.5 Å². The molecule has 0 bridgehead atoms. The summed E-state index contributed by atoms with van der Waals surface area (Å²) in [5.74, 6) is 1.25. The largest absolute Gasteiger partial charge is 0.493 e. The van der Waals surface area contributed by atoms with Gasteiger partial charge in [-0.25, -0.2) is 0 Å². The lowest BCUT2D eigenvalue weighted by molar-refractivity contribution is 0.186. The van der Waals surface area contributed by atoms with Crippen molar-refractivity contribution in [2.45, 2.75) is 39.7 Å². The van der Waals surface area contributed by atoms with Crippen molar-refractivity contribution in [3.05, 3.63) is 28.8 Å². The van der Waals surface area contributed by atoms with Gasteiger partial charge in [-0.3, -0.25) is 0 Å². The SMILES string of the molecule is CCCC(C)COc1ccc(Cl)cc1[C@H](C)O. The van der Waals surface area contributed by atoms with Gasteiger partial charge in [0.05, 0.1) is 12.7 Å². The minimum absolute atomic E-state index is 0.525. The summed E-state index contributed by atoms with van der Waals surface area (Å²) in [5, 5.41) is 10.3. The average molecular weight is 257 g/mol. The van der Waals surface area contributed by atoms with Crippen LogP contribution in [0.15, 0.2) is 18.2 Å². The quantitative estimate of drug-likeness (QED) is 0.826. The predicted octanol–water partition coefficient (Wildman–Crippen LogP) is 4.21. The second kappa shape index (κ2) is 6.87. The highest BCUT2D eigenvalue weighted by Gasteiger charge is 2.11. The van der Waals surface area contributed by atoms with Gasteiger partial charge in [0.1, 0.15) is 5.75 Å². The molecule has 0 aromatic heterocycles. The first-order valence-corrected chi connectivity index (χ1v) is 6.52. The molecule has 1 aromatic carbocycles. The van der Waals surface area contributed by atoms with Gasteiger partial charge in [-0.15, -0.1) is 0 Å². The van der Waals surface area contributed by atoms with Gasteiger partial charge < -0.3 is 9.84 Å². The highest BCUT2D eigenvalue weighted by Crippen LogP contribution is 2.28. The second-order valence-electron chi connectivity index (χ2n) is 4.56. The van der Waals surface area contributed by atoms with Gasteiger partial charge in [0.15, 0.2) is 0 Å². The summed E-state index contributed by atoms with van der Waals surface area (Å²) in [6.07, 6.45) is 1.75. The zero-order chi connectivity index (χ0) is 12.8. The van der Waals surface area contributed by atoms with Crippen LogP contribution in [0, 0.1) is 5.92 Å². The number of hydrogen-bond donors (Lipinski definition) is 1. The second-order valence-corrected chi connectivity index (χ2v) is 5.00. The zero-order valence-electron chi connectivity index (χ0n) is 10.7. The molecule has 2 atom stereocenters. The molecule has 0 amide bonds. The number of halogens is 1. The molecule has 0 aliphatic heterocycles. The third-order valence-corrected chi connectivity index (χ3v) is 2.96. The molecular formula is C14H21ClO2. The van der Waals surface area contributed by atoms with Crippen molar-refractivity contribution in [2.24, 2.45) is 5.92 Å². The van der Waals surface area contributed by atoms with Crippen LogP contribution in [0.2, 0.25) is 5.02 Å². The van der Waals surface area contributed by atoms with Crippen molar-refractivity contribution in [2.75, 3.05) is 6.61 Å². The number of aliphatic hydroxyl groups excluding tert-OH is 1. The van der Waals surface area contributed by atoms with Crippen LogP contribution in [0.1, 0.15) is 45.3 Å². The summed E-state index contributed by atoms with van der Waals surface area (Å²) < 4.78 is 5.75. The van der Waals surface area contributed by atoms with E-state index in [1.165, 1.54) is 0 Å². The van der Waals surface area contributed by atoms with E-state index in [0.29, 0.717) is 17.5 Å². The molecule has 96 valence electrons. The van der Waals surface area contributed by atoms with E-state index in [9.17, 15) is 5.11 Å². The number of ether oxygens (including phenoxy) is 1. The molecule has 0 saturated heterocycles. The fourth-order valence-corrected chi connectivity index (χ4v) is 1.97. The summed E-state index contributed by atoms with van der Waals surface area (Å²) >= 11 is 5.91. The van der Waals surface area contributed by atoms with E-state index >= 15 is 0 Å². The Hall–Kier alpha value is -0.730. The molecule has 1 unspecified atom stereocenters. The number of hydrogen-bond acceptors (Lipinski definition) is 2. The van der Waals surface area contributed by atoms with Crippen molar-refractivity contribution < 1.29 is 9.84 Å². The summed E-state index contributed by atoms with van der Waals surface area (Å²) in [4.78, 5) is 0. The Balaban J connectivity index is 2.70. The Bertz CT molecular complexity index is 350. The molecule has 3 heteroatoms. The average Bonchev–Trinajstić information content (AvgIpc) is 2.27. The summed E-state index contributed by atoms with van der Waals surface area (Å²) in [5.41, 5.74) is 0.751. The molecule has 0 aliphatic rings. The van der Waals surface area contributed by atoms with Crippen molar-refractivity contribution in [3.8, 4) is 5.75 Å². The first kappa shape index (κ1) is 14.3. The van der Waals surface area contributed by atoms with Crippen LogP contribution in [0.3, 0.4) is 0 Å². The lowest BCUT2D eigenvalue weighted by Crippen LogP contribution is -2.10. The number of benzene rings is 1. The van der Waals surface area contributed by atoms with Gasteiger partial charge in [-0.1, -0.05) is 31.9 Å². The maximum Gasteiger partial charge on any atom is 0.125 e. The zero-order valence-corrected chi connectivity index (χ0v) is 11.5. The van der Waals surface area contributed by atoms with Gasteiger partial charge in [-0.2, -0.15) is 0 Å². The summed E-state index contributed by atoms with van der Waals surface area (Å²) in [6, 6.07) is 5.36. The Kier molecular flexibility index (Phi) is 5.79. The fraction of sp³-hybridized carbons (Fsp3) is 0.571. The molecule has 1 rings (SSSR count). The minimum atomic E-state index is -0.565. The molecule has 0 fully saturated rings. The van der Waals surface area contributed by atoms with E-state index < -0.39 is 6.10 Å². The highest BCUT2D eigenvalue weighted by atomic mass is 35.5. The van der Waals surface area contributed by atoms with Crippen LogP contribution in [0.25, 0.3) is 0 Å². The summed E-state index contributed by atoms with van der Waals surface area (Å²) in [7, 11) is 0. The fourth-order valence-electron chi connectivity index (χ4n) is 1.79. The molecule has 0 saturated carbocycles. The number of rotatable bonds is 6. The molecule has 2 nitrogen and oxygen atoms in total. The van der Waals surface area contributed by atoms with E-state index in [4.69, 9.17) is 16.3 Å². The lowest BCUT2D eigenvalue weighted by atomic mass is 10.1. The van der Waals surface area contributed by atoms with Crippen molar-refractivity contribution in [3.63, 3.8) is 0 Å². The first-order valence-electron chi connectivity index (χ1n) is 6.14. The Morgan fingerprint density at radius 3 is 2.65 bits per heavy atom. The molecule has 1 aromatic rings. The Labute approximate surface area is 109 Å². The molecule has 1 N–H and O–H groups in total.